The molecule has 1 aliphatic rings. The van der Waals surface area contributed by atoms with Crippen LogP contribution in [0.25, 0.3) is 0 Å². The van der Waals surface area contributed by atoms with Crippen LogP contribution in [0.1, 0.15) is 81.0 Å². The molecule has 1 fully saturated rings. The van der Waals surface area contributed by atoms with Crippen molar-refractivity contribution in [2.75, 3.05) is 33.5 Å². The predicted molar refractivity (Wildman–Crippen MR) is 182 cm³/mol. The summed E-state index contributed by atoms with van der Waals surface area (Å²) in [4.78, 5) is 59.8. The van der Waals surface area contributed by atoms with Crippen LogP contribution >= 0.6 is 0 Å². The van der Waals surface area contributed by atoms with Crippen molar-refractivity contribution in [2.24, 2.45) is 0 Å². The van der Waals surface area contributed by atoms with E-state index in [1.54, 1.807) is 48.5 Å². The maximum atomic E-state index is 12.6. The van der Waals surface area contributed by atoms with E-state index in [1.165, 1.54) is 13.5 Å². The van der Waals surface area contributed by atoms with Crippen LogP contribution in [0.15, 0.2) is 72.8 Å². The fraction of sp³-hybridized carbons (Fsp3) is 0.447. The van der Waals surface area contributed by atoms with E-state index in [-0.39, 0.29) is 49.9 Å². The van der Waals surface area contributed by atoms with Gasteiger partial charge < -0.3 is 33.2 Å². The molecule has 0 heterocycles. The maximum absolute atomic E-state index is 12.6. The van der Waals surface area contributed by atoms with Crippen molar-refractivity contribution in [1.82, 2.24) is 0 Å². The second-order valence-electron chi connectivity index (χ2n) is 11.7. The zero-order chi connectivity index (χ0) is 36.1. The predicted octanol–water partition coefficient (Wildman–Crippen LogP) is 6.25. The third-order valence-corrected chi connectivity index (χ3v) is 7.62. The number of hydrogen-bond donors (Lipinski definition) is 0. The Morgan fingerprint density at radius 2 is 1.14 bits per heavy atom. The molecular formula is C38H46O12. The molecule has 0 amide bonds. The molecule has 0 N–H and O–H groups in total. The van der Waals surface area contributed by atoms with Crippen LogP contribution in [-0.4, -0.2) is 69.5 Å². The summed E-state index contributed by atoms with van der Waals surface area (Å²) in [5.41, 5.74) is 0.412. The Morgan fingerprint density at radius 3 is 1.76 bits per heavy atom. The van der Waals surface area contributed by atoms with E-state index in [9.17, 15) is 24.0 Å². The SMILES string of the molecule is C=C(CC(=O)OC)C(=O)OCCOc1ccc(C(=O)Oc2ccc(OCCCCCCOC(=O)C(=C)CC(=O)OC3CCCCC3)cc2)cc1. The fourth-order valence-corrected chi connectivity index (χ4v) is 4.84. The molecule has 270 valence electrons. The molecule has 0 saturated heterocycles. The van der Waals surface area contributed by atoms with E-state index in [2.05, 4.69) is 17.9 Å². The quantitative estimate of drug-likeness (QED) is 0.0478. The monoisotopic (exact) mass is 694 g/mol. The van der Waals surface area contributed by atoms with Gasteiger partial charge in [0.25, 0.3) is 0 Å². The van der Waals surface area contributed by atoms with Gasteiger partial charge >= 0.3 is 29.8 Å². The van der Waals surface area contributed by atoms with Gasteiger partial charge in [0.05, 0.1) is 38.7 Å². The second kappa shape index (κ2) is 21.8. The molecule has 12 nitrogen and oxygen atoms in total. The first-order valence-electron chi connectivity index (χ1n) is 16.8. The Hall–Kier alpha value is -5.13. The molecule has 0 radical (unpaired) electrons. The zero-order valence-corrected chi connectivity index (χ0v) is 28.6. The lowest BCUT2D eigenvalue weighted by atomic mass is 9.98. The number of carbonyl (C=O) groups excluding carboxylic acids is 5. The minimum atomic E-state index is -0.712. The molecule has 0 atom stereocenters. The van der Waals surface area contributed by atoms with Gasteiger partial charge in [-0.1, -0.05) is 19.6 Å². The average molecular weight is 695 g/mol. The molecule has 3 rings (SSSR count). The van der Waals surface area contributed by atoms with Crippen molar-refractivity contribution < 1.29 is 57.1 Å². The standard InChI is InChI=1S/C38H46O12/c1-27(25-34(39)44-3)37(42)48-24-23-46-30-15-13-29(14-16-30)38(43)50-33-19-17-31(18-20-33)45-21-9-4-5-10-22-47-36(41)28(2)26-35(40)49-32-11-7-6-8-12-32/h13-20,32H,1-2,4-12,21-26H2,3H3. The molecule has 0 bridgehead atoms. The second-order valence-corrected chi connectivity index (χ2v) is 11.7. The summed E-state index contributed by atoms with van der Waals surface area (Å²) in [5.74, 6) is -1.38. The smallest absolute Gasteiger partial charge is 0.343 e. The van der Waals surface area contributed by atoms with Gasteiger partial charge in [0.1, 0.15) is 36.6 Å². The van der Waals surface area contributed by atoms with Gasteiger partial charge in [-0.25, -0.2) is 14.4 Å². The van der Waals surface area contributed by atoms with E-state index in [0.29, 0.717) is 35.8 Å². The summed E-state index contributed by atoms with van der Waals surface area (Å²) < 4.78 is 36.9. The highest BCUT2D eigenvalue weighted by Crippen LogP contribution is 2.22. The third kappa shape index (κ3) is 15.0. The topological polar surface area (TPSA) is 150 Å². The summed E-state index contributed by atoms with van der Waals surface area (Å²) in [7, 11) is 1.22. The number of esters is 5. The van der Waals surface area contributed by atoms with Crippen LogP contribution in [0.2, 0.25) is 0 Å². The van der Waals surface area contributed by atoms with Crippen LogP contribution < -0.4 is 14.2 Å². The van der Waals surface area contributed by atoms with Gasteiger partial charge in [-0.05, 0) is 99.9 Å². The van der Waals surface area contributed by atoms with Gasteiger partial charge in [-0.2, -0.15) is 0 Å². The minimum Gasteiger partial charge on any atom is -0.494 e. The van der Waals surface area contributed by atoms with E-state index in [1.807, 2.05) is 0 Å². The molecular weight excluding hydrogens is 648 g/mol. The number of ether oxygens (including phenoxy) is 7. The molecule has 0 spiro atoms. The lowest BCUT2D eigenvalue weighted by molar-refractivity contribution is -0.151. The number of benzene rings is 2. The first-order valence-corrected chi connectivity index (χ1v) is 16.8. The summed E-state index contributed by atoms with van der Waals surface area (Å²) >= 11 is 0. The highest BCUT2D eigenvalue weighted by molar-refractivity contribution is 5.94. The van der Waals surface area contributed by atoms with Gasteiger partial charge in [-0.3, -0.25) is 9.59 Å². The first kappa shape index (κ1) is 39.3. The highest BCUT2D eigenvalue weighted by Gasteiger charge is 2.20. The Balaban J connectivity index is 1.22. The van der Waals surface area contributed by atoms with Crippen molar-refractivity contribution in [2.45, 2.75) is 76.7 Å². The Kier molecular flexibility index (Phi) is 17.1. The summed E-state index contributed by atoms with van der Waals surface area (Å²) in [6.07, 6.45) is 7.81. The van der Waals surface area contributed by atoms with E-state index in [4.69, 9.17) is 28.4 Å². The molecule has 2 aromatic carbocycles. The molecule has 0 unspecified atom stereocenters. The minimum absolute atomic E-state index is 0.0151. The van der Waals surface area contributed by atoms with Crippen molar-refractivity contribution in [3.05, 3.63) is 78.4 Å². The number of hydrogen-bond acceptors (Lipinski definition) is 12. The Morgan fingerprint density at radius 1 is 0.620 bits per heavy atom. The van der Waals surface area contributed by atoms with Gasteiger partial charge in [0, 0.05) is 11.1 Å². The van der Waals surface area contributed by atoms with Crippen LogP contribution in [0.3, 0.4) is 0 Å². The van der Waals surface area contributed by atoms with Crippen LogP contribution in [-0.2, 0) is 38.1 Å². The number of rotatable bonds is 21. The maximum Gasteiger partial charge on any atom is 0.343 e. The van der Waals surface area contributed by atoms with Gasteiger partial charge in [0.2, 0.25) is 0 Å². The van der Waals surface area contributed by atoms with Crippen LogP contribution in [0.5, 0.6) is 17.2 Å². The van der Waals surface area contributed by atoms with Crippen molar-refractivity contribution >= 4 is 29.8 Å². The number of methoxy groups -OCH3 is 1. The molecule has 50 heavy (non-hydrogen) atoms. The van der Waals surface area contributed by atoms with Crippen LogP contribution in [0.4, 0.5) is 0 Å². The first-order chi connectivity index (χ1) is 24.1. The van der Waals surface area contributed by atoms with E-state index >= 15 is 0 Å². The van der Waals surface area contributed by atoms with Gasteiger partial charge in [0.15, 0.2) is 0 Å². The number of unbranched alkanes of at least 4 members (excludes halogenated alkanes) is 3. The number of carbonyl (C=O) groups is 5. The molecule has 12 heteroatoms. The normalized spacial score (nSPS) is 12.6. The molecule has 0 aromatic heterocycles. The van der Waals surface area contributed by atoms with E-state index < -0.39 is 29.8 Å². The molecule has 0 aliphatic heterocycles. The summed E-state index contributed by atoms with van der Waals surface area (Å²) in [6.45, 7) is 7.94. The van der Waals surface area contributed by atoms with E-state index in [0.717, 1.165) is 44.9 Å². The van der Waals surface area contributed by atoms with Crippen molar-refractivity contribution in [3.63, 3.8) is 0 Å². The van der Waals surface area contributed by atoms with Crippen molar-refractivity contribution in [1.29, 1.82) is 0 Å². The molecule has 2 aromatic rings. The lowest BCUT2D eigenvalue weighted by Crippen LogP contribution is -2.22. The summed E-state index contributed by atoms with van der Waals surface area (Å²) in [6, 6.07) is 13.0. The van der Waals surface area contributed by atoms with Crippen LogP contribution in [0, 0.1) is 0 Å². The molecule has 1 saturated carbocycles. The third-order valence-electron chi connectivity index (χ3n) is 7.62. The van der Waals surface area contributed by atoms with Gasteiger partial charge in [-0.15, -0.1) is 0 Å². The Labute approximate surface area is 292 Å². The molecule has 1 aliphatic carbocycles. The van der Waals surface area contributed by atoms with Crippen molar-refractivity contribution in [3.8, 4) is 17.2 Å². The highest BCUT2D eigenvalue weighted by atomic mass is 16.6. The zero-order valence-electron chi connectivity index (χ0n) is 28.6. The fourth-order valence-electron chi connectivity index (χ4n) is 4.84. The lowest BCUT2D eigenvalue weighted by Gasteiger charge is -2.21. The summed E-state index contributed by atoms with van der Waals surface area (Å²) in [5, 5.41) is 0. The average Bonchev–Trinajstić information content (AvgIpc) is 3.12. The largest absolute Gasteiger partial charge is 0.494 e. The Bertz CT molecular complexity index is 1440.